The molecule has 0 fully saturated rings. The first-order chi connectivity index (χ1) is 10.8. The maximum atomic E-state index is 10.5. The van der Waals surface area contributed by atoms with Gasteiger partial charge in [-0.1, -0.05) is 48.5 Å². The molecule has 0 spiro atoms. The molecule has 1 aliphatic rings. The molecule has 0 saturated heterocycles. The number of rotatable bonds is 2. The van der Waals surface area contributed by atoms with Crippen molar-refractivity contribution in [3.8, 4) is 17.1 Å². The normalized spacial score (nSPS) is 20.2. The number of hydrogen-bond donors (Lipinski definition) is 1. The molecule has 4 rings (SSSR count). The van der Waals surface area contributed by atoms with E-state index in [2.05, 4.69) is 4.98 Å². The maximum Gasteiger partial charge on any atom is 0.203 e. The monoisotopic (exact) mass is 292 g/mol. The molecule has 2 atom stereocenters. The third-order valence-corrected chi connectivity index (χ3v) is 3.95. The lowest BCUT2D eigenvalue weighted by atomic mass is 10.0. The van der Waals surface area contributed by atoms with Gasteiger partial charge < -0.3 is 9.84 Å². The zero-order chi connectivity index (χ0) is 14.9. The smallest absolute Gasteiger partial charge is 0.203 e. The molecular weight excluding hydrogens is 276 g/mol. The minimum atomic E-state index is -0.605. The third-order valence-electron chi connectivity index (χ3n) is 3.95. The Bertz CT molecular complexity index is 783. The van der Waals surface area contributed by atoms with Crippen molar-refractivity contribution in [2.24, 2.45) is 0 Å². The highest BCUT2D eigenvalue weighted by Gasteiger charge is 2.31. The average molecular weight is 292 g/mol. The molecule has 0 aliphatic carbocycles. The van der Waals surface area contributed by atoms with Gasteiger partial charge in [-0.15, -0.1) is 0 Å². The van der Waals surface area contributed by atoms with Crippen LogP contribution in [0.4, 0.5) is 0 Å². The number of para-hydroxylation sites is 1. The Balaban J connectivity index is 1.73. The Morgan fingerprint density at radius 1 is 1.05 bits per heavy atom. The van der Waals surface area contributed by atoms with E-state index < -0.39 is 12.3 Å². The van der Waals surface area contributed by atoms with Gasteiger partial charge in [0.15, 0.2) is 0 Å². The van der Waals surface area contributed by atoms with Crippen molar-refractivity contribution in [1.29, 1.82) is 0 Å². The van der Waals surface area contributed by atoms with Crippen molar-refractivity contribution in [2.75, 3.05) is 0 Å². The summed E-state index contributed by atoms with van der Waals surface area (Å²) in [6.07, 6.45) is 3.09. The number of aliphatic hydroxyl groups is 1. The van der Waals surface area contributed by atoms with Gasteiger partial charge in [-0.05, 0) is 11.6 Å². The highest BCUT2D eigenvalue weighted by atomic mass is 16.5. The van der Waals surface area contributed by atoms with Crippen molar-refractivity contribution in [3.05, 3.63) is 72.6 Å². The highest BCUT2D eigenvalue weighted by Crippen LogP contribution is 2.34. The van der Waals surface area contributed by atoms with Crippen molar-refractivity contribution >= 4 is 0 Å². The van der Waals surface area contributed by atoms with E-state index in [-0.39, 0.29) is 0 Å². The van der Waals surface area contributed by atoms with Crippen molar-refractivity contribution in [1.82, 2.24) is 9.55 Å². The molecule has 2 aromatic carbocycles. The minimum absolute atomic E-state index is 0.465. The summed E-state index contributed by atoms with van der Waals surface area (Å²) in [7, 11) is 0. The molecule has 0 radical (unpaired) electrons. The molecule has 3 aromatic rings. The van der Waals surface area contributed by atoms with Crippen LogP contribution in [0, 0.1) is 0 Å². The van der Waals surface area contributed by atoms with Gasteiger partial charge in [0.25, 0.3) is 0 Å². The predicted molar refractivity (Wildman–Crippen MR) is 83.5 cm³/mol. The summed E-state index contributed by atoms with van der Waals surface area (Å²) >= 11 is 0. The Morgan fingerprint density at radius 3 is 2.68 bits per heavy atom. The van der Waals surface area contributed by atoms with Crippen LogP contribution in [0.2, 0.25) is 0 Å². The lowest BCUT2D eigenvalue weighted by molar-refractivity contribution is -0.0219. The number of hydrogen-bond acceptors (Lipinski definition) is 3. The first-order valence-corrected chi connectivity index (χ1v) is 7.34. The Kier molecular flexibility index (Phi) is 3.16. The van der Waals surface area contributed by atoms with Gasteiger partial charge in [0.1, 0.15) is 17.7 Å². The van der Waals surface area contributed by atoms with Crippen molar-refractivity contribution in [2.45, 2.75) is 18.8 Å². The molecular formula is C18H16N2O2. The van der Waals surface area contributed by atoms with E-state index in [9.17, 15) is 5.11 Å². The summed E-state index contributed by atoms with van der Waals surface area (Å²) in [5.74, 6) is 1.62. The minimum Gasteiger partial charge on any atom is -0.467 e. The lowest BCUT2D eigenvalue weighted by Gasteiger charge is -2.32. The van der Waals surface area contributed by atoms with Gasteiger partial charge in [0.2, 0.25) is 6.23 Å². The number of benzene rings is 2. The summed E-state index contributed by atoms with van der Waals surface area (Å²) < 4.78 is 7.92. The summed E-state index contributed by atoms with van der Waals surface area (Å²) in [6.45, 7) is 0. The molecule has 2 heterocycles. The molecule has 0 bridgehead atoms. The first-order valence-electron chi connectivity index (χ1n) is 7.34. The Hall–Kier alpha value is -2.59. The van der Waals surface area contributed by atoms with Crippen LogP contribution in [-0.4, -0.2) is 20.8 Å². The lowest BCUT2D eigenvalue weighted by Crippen LogP contribution is -2.34. The molecule has 22 heavy (non-hydrogen) atoms. The van der Waals surface area contributed by atoms with Crippen molar-refractivity contribution < 1.29 is 9.84 Å². The first kappa shape index (κ1) is 13.1. The van der Waals surface area contributed by atoms with Gasteiger partial charge in [0.05, 0.1) is 0 Å². The second-order valence-corrected chi connectivity index (χ2v) is 5.41. The van der Waals surface area contributed by atoms with E-state index in [1.165, 1.54) is 0 Å². The zero-order valence-corrected chi connectivity index (χ0v) is 12.0. The topological polar surface area (TPSA) is 47.3 Å². The number of fused-ring (bicyclic) bond motifs is 1. The predicted octanol–water partition coefficient (Wildman–Crippen LogP) is 3.04. The molecule has 1 aliphatic heterocycles. The van der Waals surface area contributed by atoms with E-state index >= 15 is 0 Å². The summed E-state index contributed by atoms with van der Waals surface area (Å²) in [5.41, 5.74) is 2.04. The van der Waals surface area contributed by atoms with Crippen molar-refractivity contribution in [3.63, 3.8) is 0 Å². The second-order valence-electron chi connectivity index (χ2n) is 5.41. The molecule has 110 valence electrons. The molecule has 4 heteroatoms. The van der Waals surface area contributed by atoms with E-state index in [0.717, 1.165) is 22.7 Å². The van der Waals surface area contributed by atoms with Crippen LogP contribution < -0.4 is 4.74 Å². The fourth-order valence-corrected chi connectivity index (χ4v) is 2.89. The number of aromatic nitrogens is 2. The van der Waals surface area contributed by atoms with Crippen LogP contribution in [0.25, 0.3) is 11.4 Å². The standard InChI is InChI=1S/C18H16N2O2/c21-15-12-14-8-4-5-9-16(14)22-18(15)20-11-10-19-17(20)13-6-2-1-3-7-13/h1-11,15,18,21H,12H2. The Morgan fingerprint density at radius 2 is 1.82 bits per heavy atom. The summed E-state index contributed by atoms with van der Waals surface area (Å²) in [5, 5.41) is 10.5. The van der Waals surface area contributed by atoms with E-state index in [1.54, 1.807) is 6.20 Å². The number of aliphatic hydroxyl groups excluding tert-OH is 1. The van der Waals surface area contributed by atoms with E-state index in [4.69, 9.17) is 4.74 Å². The molecule has 0 amide bonds. The van der Waals surface area contributed by atoms with Gasteiger partial charge in [-0.3, -0.25) is 4.57 Å². The Labute approximate surface area is 128 Å². The van der Waals surface area contributed by atoms with Gasteiger partial charge in [-0.25, -0.2) is 4.98 Å². The molecule has 1 N–H and O–H groups in total. The number of ether oxygens (including phenoxy) is 1. The van der Waals surface area contributed by atoms with Crippen LogP contribution >= 0.6 is 0 Å². The second kappa shape index (κ2) is 5.31. The average Bonchev–Trinajstić information content (AvgIpc) is 3.04. The third kappa shape index (κ3) is 2.18. The fourth-order valence-electron chi connectivity index (χ4n) is 2.89. The summed E-state index contributed by atoms with van der Waals surface area (Å²) in [4.78, 5) is 4.42. The SMILES string of the molecule is OC1Cc2ccccc2OC1n1ccnc1-c1ccccc1. The van der Waals surface area contributed by atoms with Gasteiger partial charge in [0, 0.05) is 24.4 Å². The number of imidazole rings is 1. The molecule has 0 saturated carbocycles. The largest absolute Gasteiger partial charge is 0.467 e. The summed E-state index contributed by atoms with van der Waals surface area (Å²) in [6, 6.07) is 17.8. The van der Waals surface area contributed by atoms with Crippen LogP contribution in [0.3, 0.4) is 0 Å². The van der Waals surface area contributed by atoms with Crippen LogP contribution in [0.15, 0.2) is 67.0 Å². The quantitative estimate of drug-likeness (QED) is 0.789. The maximum absolute atomic E-state index is 10.5. The van der Waals surface area contributed by atoms with Crippen LogP contribution in [0.1, 0.15) is 11.8 Å². The van der Waals surface area contributed by atoms with E-state index in [1.807, 2.05) is 65.4 Å². The zero-order valence-electron chi connectivity index (χ0n) is 12.0. The number of nitrogens with zero attached hydrogens (tertiary/aromatic N) is 2. The van der Waals surface area contributed by atoms with E-state index in [0.29, 0.717) is 6.42 Å². The van der Waals surface area contributed by atoms with Crippen LogP contribution in [-0.2, 0) is 6.42 Å². The molecule has 2 unspecified atom stereocenters. The van der Waals surface area contributed by atoms with Crippen LogP contribution in [0.5, 0.6) is 5.75 Å². The highest BCUT2D eigenvalue weighted by molar-refractivity contribution is 5.55. The molecule has 1 aromatic heterocycles. The van der Waals surface area contributed by atoms with Gasteiger partial charge in [-0.2, -0.15) is 0 Å². The fraction of sp³-hybridized carbons (Fsp3) is 0.167. The van der Waals surface area contributed by atoms with Gasteiger partial charge >= 0.3 is 0 Å². The molecule has 4 nitrogen and oxygen atoms in total.